The molecule has 10 rings (SSSR count). The van der Waals surface area contributed by atoms with Crippen LogP contribution in [0.4, 0.5) is 17.1 Å². The maximum absolute atomic E-state index is 6.36. The molecule has 0 spiro atoms. The molecule has 10 aromatic rings. The van der Waals surface area contributed by atoms with Crippen molar-refractivity contribution in [2.75, 3.05) is 4.90 Å². The van der Waals surface area contributed by atoms with E-state index in [1.807, 2.05) is 24.3 Å². The minimum atomic E-state index is 0.616. The molecule has 0 aliphatic rings. The maximum Gasteiger partial charge on any atom is 0.227 e. The quantitative estimate of drug-likeness (QED) is 0.157. The van der Waals surface area contributed by atoms with Crippen molar-refractivity contribution in [3.8, 4) is 56.0 Å². The Morgan fingerprint density at radius 3 is 1.45 bits per heavy atom. The van der Waals surface area contributed by atoms with Crippen LogP contribution in [0, 0.1) is 0 Å². The Hall–Kier alpha value is -7.49. The summed E-state index contributed by atoms with van der Waals surface area (Å²) in [6, 6.07) is 77.3. The zero-order valence-corrected chi connectivity index (χ0v) is 30.6. The molecule has 0 unspecified atom stereocenters. The number of hydrogen-bond acceptors (Lipinski definition) is 3. The van der Waals surface area contributed by atoms with E-state index in [1.54, 1.807) is 0 Å². The summed E-state index contributed by atoms with van der Waals surface area (Å²) in [4.78, 5) is 7.29. The molecular formula is C53H36N2O. The molecule has 1 heterocycles. The van der Waals surface area contributed by atoms with Crippen LogP contribution < -0.4 is 4.90 Å². The summed E-state index contributed by atoms with van der Waals surface area (Å²) in [6.07, 6.45) is 0. The van der Waals surface area contributed by atoms with Gasteiger partial charge in [-0.1, -0.05) is 158 Å². The lowest BCUT2D eigenvalue weighted by molar-refractivity contribution is 0.620. The predicted molar refractivity (Wildman–Crippen MR) is 233 cm³/mol. The largest absolute Gasteiger partial charge is 0.436 e. The van der Waals surface area contributed by atoms with E-state index in [1.165, 1.54) is 22.3 Å². The zero-order chi connectivity index (χ0) is 37.3. The van der Waals surface area contributed by atoms with Gasteiger partial charge in [0.2, 0.25) is 5.89 Å². The van der Waals surface area contributed by atoms with Gasteiger partial charge in [0.1, 0.15) is 5.52 Å². The fraction of sp³-hybridized carbons (Fsp3) is 0. The van der Waals surface area contributed by atoms with Gasteiger partial charge in [0.25, 0.3) is 0 Å². The maximum atomic E-state index is 6.36. The van der Waals surface area contributed by atoms with E-state index in [9.17, 15) is 0 Å². The first kappa shape index (κ1) is 33.1. The molecule has 0 saturated heterocycles. The van der Waals surface area contributed by atoms with Crippen molar-refractivity contribution in [1.82, 2.24) is 4.98 Å². The second-order valence-corrected chi connectivity index (χ2v) is 14.0. The van der Waals surface area contributed by atoms with Crippen molar-refractivity contribution < 1.29 is 4.42 Å². The molecule has 0 N–H and O–H groups in total. The highest BCUT2D eigenvalue weighted by molar-refractivity contribution is 6.03. The third-order valence-corrected chi connectivity index (χ3v) is 10.5. The second kappa shape index (κ2) is 14.4. The summed E-state index contributed by atoms with van der Waals surface area (Å²) in [5.41, 5.74) is 15.0. The molecule has 0 aliphatic carbocycles. The molecular weight excluding hydrogens is 681 g/mol. The number of benzene rings is 9. The molecule has 1 aromatic heterocycles. The number of oxazole rings is 1. The lowest BCUT2D eigenvalue weighted by atomic mass is 9.91. The molecule has 0 radical (unpaired) electrons. The third-order valence-electron chi connectivity index (χ3n) is 10.5. The standard InChI is InChI=1S/C53H36N2O/c1-4-16-37(17-5-1)40-22-12-26-44(32-40)55(45-27-13-23-41(33-45)38-18-6-2-7-19-38)46-28-14-24-42(34-46)47-29-15-25-43-35-50(53-54-51-30-10-11-31-52(51)56-53)48(36-49(43)47)39-20-8-3-9-21-39/h1-36H. The van der Waals surface area contributed by atoms with Gasteiger partial charge in [0.15, 0.2) is 5.58 Å². The molecule has 3 nitrogen and oxygen atoms in total. The van der Waals surface area contributed by atoms with E-state index < -0.39 is 0 Å². The average molecular weight is 717 g/mol. The zero-order valence-electron chi connectivity index (χ0n) is 30.6. The highest BCUT2D eigenvalue weighted by atomic mass is 16.3. The van der Waals surface area contributed by atoms with E-state index in [0.29, 0.717) is 5.89 Å². The fourth-order valence-corrected chi connectivity index (χ4v) is 7.77. The lowest BCUT2D eigenvalue weighted by Crippen LogP contribution is -2.10. The van der Waals surface area contributed by atoms with Gasteiger partial charge in [-0.25, -0.2) is 4.98 Å². The summed E-state index contributed by atoms with van der Waals surface area (Å²) in [5.74, 6) is 0.616. The smallest absolute Gasteiger partial charge is 0.227 e. The Bertz CT molecular complexity index is 2850. The minimum Gasteiger partial charge on any atom is -0.436 e. The molecule has 56 heavy (non-hydrogen) atoms. The van der Waals surface area contributed by atoms with Crippen LogP contribution in [0.2, 0.25) is 0 Å². The molecule has 264 valence electrons. The van der Waals surface area contributed by atoms with E-state index in [0.717, 1.165) is 66.8 Å². The van der Waals surface area contributed by atoms with Gasteiger partial charge in [-0.3, -0.25) is 0 Å². The number of hydrogen-bond donors (Lipinski definition) is 0. The minimum absolute atomic E-state index is 0.616. The molecule has 3 heteroatoms. The van der Waals surface area contributed by atoms with Crippen LogP contribution in [0.5, 0.6) is 0 Å². The molecule has 0 saturated carbocycles. The highest BCUT2D eigenvalue weighted by Crippen LogP contribution is 2.43. The summed E-state index contributed by atoms with van der Waals surface area (Å²) >= 11 is 0. The monoisotopic (exact) mass is 716 g/mol. The van der Waals surface area contributed by atoms with Crippen LogP contribution in [0.15, 0.2) is 223 Å². The average Bonchev–Trinajstić information content (AvgIpc) is 3.72. The Kier molecular flexibility index (Phi) is 8.51. The topological polar surface area (TPSA) is 29.3 Å². The first-order valence-corrected chi connectivity index (χ1v) is 18.9. The summed E-state index contributed by atoms with van der Waals surface area (Å²) in [7, 11) is 0. The second-order valence-electron chi connectivity index (χ2n) is 14.0. The number of rotatable bonds is 8. The normalized spacial score (nSPS) is 11.2. The molecule has 9 aromatic carbocycles. The van der Waals surface area contributed by atoms with E-state index in [-0.39, 0.29) is 0 Å². The Morgan fingerprint density at radius 2 is 0.839 bits per heavy atom. The number of para-hydroxylation sites is 2. The van der Waals surface area contributed by atoms with Crippen molar-refractivity contribution in [2.45, 2.75) is 0 Å². The van der Waals surface area contributed by atoms with Crippen molar-refractivity contribution >= 4 is 38.9 Å². The van der Waals surface area contributed by atoms with E-state index in [2.05, 4.69) is 199 Å². The van der Waals surface area contributed by atoms with Crippen molar-refractivity contribution in [3.05, 3.63) is 218 Å². The Labute approximate surface area is 326 Å². The van der Waals surface area contributed by atoms with Crippen molar-refractivity contribution in [3.63, 3.8) is 0 Å². The predicted octanol–water partition coefficient (Wildman–Crippen LogP) is 14.8. The summed E-state index contributed by atoms with van der Waals surface area (Å²) in [5, 5.41) is 2.28. The molecule has 0 fully saturated rings. The summed E-state index contributed by atoms with van der Waals surface area (Å²) in [6.45, 7) is 0. The van der Waals surface area contributed by atoms with Crippen LogP contribution in [0.3, 0.4) is 0 Å². The van der Waals surface area contributed by atoms with E-state index in [4.69, 9.17) is 9.40 Å². The Morgan fingerprint density at radius 1 is 0.339 bits per heavy atom. The highest BCUT2D eigenvalue weighted by Gasteiger charge is 2.19. The SMILES string of the molecule is c1ccc(-c2cccc(N(c3cccc(-c4ccccc4)c3)c3cccc(-c4cccc5cc(-c6nc7ccccc7o6)c(-c6ccccc6)cc45)c3)c2)cc1. The number of anilines is 3. The van der Waals surface area contributed by atoms with Gasteiger partial charge in [0, 0.05) is 22.6 Å². The molecule has 0 bridgehead atoms. The van der Waals surface area contributed by atoms with Gasteiger partial charge in [-0.2, -0.15) is 0 Å². The van der Waals surface area contributed by atoms with Gasteiger partial charge in [-0.15, -0.1) is 0 Å². The Balaban J connectivity index is 1.14. The van der Waals surface area contributed by atoms with Gasteiger partial charge in [0.05, 0.1) is 0 Å². The van der Waals surface area contributed by atoms with Crippen LogP contribution in [0.1, 0.15) is 0 Å². The van der Waals surface area contributed by atoms with Crippen LogP contribution in [-0.4, -0.2) is 4.98 Å². The number of fused-ring (bicyclic) bond motifs is 2. The molecule has 0 aliphatic heterocycles. The van der Waals surface area contributed by atoms with Crippen LogP contribution >= 0.6 is 0 Å². The van der Waals surface area contributed by atoms with Crippen molar-refractivity contribution in [1.29, 1.82) is 0 Å². The van der Waals surface area contributed by atoms with Crippen molar-refractivity contribution in [2.24, 2.45) is 0 Å². The van der Waals surface area contributed by atoms with Gasteiger partial charge >= 0.3 is 0 Å². The van der Waals surface area contributed by atoms with Gasteiger partial charge in [-0.05, 0) is 116 Å². The number of aromatic nitrogens is 1. The first-order chi connectivity index (χ1) is 27.7. The van der Waals surface area contributed by atoms with Gasteiger partial charge < -0.3 is 9.32 Å². The summed E-state index contributed by atoms with van der Waals surface area (Å²) < 4.78 is 6.36. The number of nitrogens with zero attached hydrogens (tertiary/aromatic N) is 2. The third kappa shape index (κ3) is 6.31. The van der Waals surface area contributed by atoms with Crippen LogP contribution in [0.25, 0.3) is 77.8 Å². The lowest BCUT2D eigenvalue weighted by Gasteiger charge is -2.27. The molecule has 0 amide bonds. The van der Waals surface area contributed by atoms with Crippen LogP contribution in [-0.2, 0) is 0 Å². The fourth-order valence-electron chi connectivity index (χ4n) is 7.77. The molecule has 0 atom stereocenters. The first-order valence-electron chi connectivity index (χ1n) is 18.9. The van der Waals surface area contributed by atoms with E-state index >= 15 is 0 Å².